The maximum atomic E-state index is 11.3. The van der Waals surface area contributed by atoms with Gasteiger partial charge >= 0.3 is 5.97 Å². The number of H-pyrrole nitrogens is 1. The molecular formula is C32H26N2O4. The van der Waals surface area contributed by atoms with Gasteiger partial charge in [-0.3, -0.25) is 4.79 Å². The molecule has 188 valence electrons. The molecule has 6 aromatic rings. The first-order chi connectivity index (χ1) is 18.6. The van der Waals surface area contributed by atoms with Gasteiger partial charge in [-0.15, -0.1) is 0 Å². The summed E-state index contributed by atoms with van der Waals surface area (Å²) in [5.41, 5.74) is 14.3. The Morgan fingerprint density at radius 3 is 2.58 bits per heavy atom. The van der Waals surface area contributed by atoms with E-state index in [2.05, 4.69) is 47.4 Å². The number of hydrogen-bond acceptors (Lipinski definition) is 4. The predicted molar refractivity (Wildman–Crippen MR) is 149 cm³/mol. The van der Waals surface area contributed by atoms with Gasteiger partial charge in [0.15, 0.2) is 0 Å². The number of rotatable bonds is 8. The van der Waals surface area contributed by atoms with E-state index in [0.717, 1.165) is 55.4 Å². The summed E-state index contributed by atoms with van der Waals surface area (Å²) in [6, 6.07) is 30.0. The zero-order valence-electron chi connectivity index (χ0n) is 20.6. The maximum absolute atomic E-state index is 11.3. The second kappa shape index (κ2) is 9.92. The first-order valence-corrected chi connectivity index (χ1v) is 12.4. The summed E-state index contributed by atoms with van der Waals surface area (Å²) in [6.45, 7) is 0.702. The second-order valence-corrected chi connectivity index (χ2v) is 9.30. The normalized spacial score (nSPS) is 11.3. The van der Waals surface area contributed by atoms with Crippen LogP contribution in [0.1, 0.15) is 16.7 Å². The molecule has 0 radical (unpaired) electrons. The molecule has 2 heterocycles. The van der Waals surface area contributed by atoms with Crippen LogP contribution in [0, 0.1) is 0 Å². The Morgan fingerprint density at radius 1 is 0.895 bits per heavy atom. The lowest BCUT2D eigenvalue weighted by Crippen LogP contribution is -2.04. The van der Waals surface area contributed by atoms with Gasteiger partial charge in [0.1, 0.15) is 17.9 Å². The lowest BCUT2D eigenvalue weighted by molar-refractivity contribution is -0.136. The predicted octanol–water partition coefficient (Wildman–Crippen LogP) is 6.91. The summed E-state index contributed by atoms with van der Waals surface area (Å²) in [4.78, 5) is 14.8. The number of aromatic amines is 1. The topological polar surface area (TPSA) is 101 Å². The Balaban J connectivity index is 1.46. The van der Waals surface area contributed by atoms with Gasteiger partial charge < -0.3 is 25.0 Å². The van der Waals surface area contributed by atoms with Crippen LogP contribution in [0.4, 0.5) is 0 Å². The van der Waals surface area contributed by atoms with Gasteiger partial charge in [0.05, 0.1) is 18.4 Å². The van der Waals surface area contributed by atoms with Crippen LogP contribution in [0.15, 0.2) is 102 Å². The minimum atomic E-state index is -0.901. The summed E-state index contributed by atoms with van der Waals surface area (Å²) in [5, 5.41) is 11.3. The zero-order chi connectivity index (χ0) is 26.1. The molecule has 0 atom stereocenters. The molecule has 0 saturated heterocycles. The lowest BCUT2D eigenvalue weighted by Gasteiger charge is -2.11. The van der Waals surface area contributed by atoms with Gasteiger partial charge in [0.25, 0.3) is 0 Å². The van der Waals surface area contributed by atoms with Gasteiger partial charge in [-0.25, -0.2) is 0 Å². The molecule has 0 bridgehead atoms. The Labute approximate surface area is 219 Å². The number of ether oxygens (including phenoxy) is 1. The van der Waals surface area contributed by atoms with E-state index in [1.165, 1.54) is 0 Å². The Hall–Kier alpha value is -4.81. The average molecular weight is 503 g/mol. The number of hydrogen-bond donors (Lipinski definition) is 3. The molecule has 6 heteroatoms. The van der Waals surface area contributed by atoms with Crippen LogP contribution in [-0.2, 0) is 24.4 Å². The van der Waals surface area contributed by atoms with Crippen LogP contribution in [0.5, 0.6) is 5.75 Å². The van der Waals surface area contributed by atoms with Gasteiger partial charge in [0.2, 0.25) is 0 Å². The number of carboxylic acids is 1. The Bertz CT molecular complexity index is 1750. The highest BCUT2D eigenvalue weighted by Gasteiger charge is 2.17. The van der Waals surface area contributed by atoms with Crippen molar-refractivity contribution in [2.75, 3.05) is 0 Å². The number of carbonyl (C=O) groups is 1. The molecule has 4 aromatic carbocycles. The number of para-hydroxylation sites is 2. The number of furan rings is 1. The van der Waals surface area contributed by atoms with Crippen molar-refractivity contribution < 1.29 is 19.1 Å². The van der Waals surface area contributed by atoms with Crippen LogP contribution < -0.4 is 10.5 Å². The molecule has 0 fully saturated rings. The van der Waals surface area contributed by atoms with Crippen molar-refractivity contribution in [3.8, 4) is 28.1 Å². The fourth-order valence-corrected chi connectivity index (χ4v) is 4.87. The van der Waals surface area contributed by atoms with Crippen molar-refractivity contribution in [2.24, 2.45) is 5.73 Å². The van der Waals surface area contributed by atoms with Crippen LogP contribution >= 0.6 is 0 Å². The van der Waals surface area contributed by atoms with Crippen molar-refractivity contribution in [2.45, 2.75) is 19.6 Å². The van der Waals surface area contributed by atoms with Crippen molar-refractivity contribution in [3.63, 3.8) is 0 Å². The molecule has 4 N–H and O–H groups in total. The number of aromatic nitrogens is 1. The largest absolute Gasteiger partial charge is 0.488 e. The highest BCUT2D eigenvalue weighted by molar-refractivity contribution is 6.00. The second-order valence-electron chi connectivity index (χ2n) is 9.30. The molecule has 6 nitrogen and oxygen atoms in total. The number of carboxylic acid groups (broad SMARTS) is 1. The van der Waals surface area contributed by atoms with Crippen molar-refractivity contribution in [1.29, 1.82) is 0 Å². The molecule has 0 aliphatic rings. The van der Waals surface area contributed by atoms with Gasteiger partial charge in [-0.05, 0) is 53.1 Å². The third-order valence-electron chi connectivity index (χ3n) is 6.77. The molecule has 0 spiro atoms. The van der Waals surface area contributed by atoms with E-state index in [1.54, 1.807) is 18.4 Å². The highest BCUT2D eigenvalue weighted by atomic mass is 16.5. The van der Waals surface area contributed by atoms with E-state index in [0.29, 0.717) is 17.9 Å². The summed E-state index contributed by atoms with van der Waals surface area (Å²) in [7, 11) is 0. The van der Waals surface area contributed by atoms with Gasteiger partial charge in [-0.1, -0.05) is 54.6 Å². The molecular weight excluding hydrogens is 476 g/mol. The number of benzene rings is 4. The van der Waals surface area contributed by atoms with E-state index in [4.69, 9.17) is 14.9 Å². The number of nitrogens with two attached hydrogens (primary N) is 1. The van der Waals surface area contributed by atoms with Crippen LogP contribution in [0.2, 0.25) is 0 Å². The van der Waals surface area contributed by atoms with E-state index in [1.807, 2.05) is 36.4 Å². The third kappa shape index (κ3) is 4.53. The lowest BCUT2D eigenvalue weighted by atomic mass is 9.96. The van der Waals surface area contributed by atoms with Crippen molar-refractivity contribution >= 4 is 27.8 Å². The van der Waals surface area contributed by atoms with Crippen LogP contribution in [0.3, 0.4) is 0 Å². The molecule has 38 heavy (non-hydrogen) atoms. The summed E-state index contributed by atoms with van der Waals surface area (Å²) in [6.07, 6.45) is 1.62. The Kier molecular flexibility index (Phi) is 6.15. The molecule has 0 aliphatic heterocycles. The van der Waals surface area contributed by atoms with E-state index in [-0.39, 0.29) is 13.0 Å². The molecule has 2 aromatic heterocycles. The molecule has 0 saturated carbocycles. The zero-order valence-corrected chi connectivity index (χ0v) is 20.6. The van der Waals surface area contributed by atoms with Crippen LogP contribution in [-0.4, -0.2) is 16.1 Å². The van der Waals surface area contributed by atoms with Crippen LogP contribution in [0.25, 0.3) is 44.3 Å². The number of aliphatic carboxylic acids is 1. The molecule has 0 amide bonds. The quantitative estimate of drug-likeness (QED) is 0.210. The van der Waals surface area contributed by atoms with Crippen molar-refractivity contribution in [1.82, 2.24) is 4.98 Å². The minimum absolute atomic E-state index is 0.103. The highest BCUT2D eigenvalue weighted by Crippen LogP contribution is 2.38. The average Bonchev–Trinajstić information content (AvgIpc) is 3.56. The SMILES string of the molecule is NCc1cccc(-c2cc(-c3cc4ccccc4[nH]3)c3occ(COc4ccccc4CC(=O)O)c3c2)c1. The summed E-state index contributed by atoms with van der Waals surface area (Å²) >= 11 is 0. The first-order valence-electron chi connectivity index (χ1n) is 12.4. The third-order valence-corrected chi connectivity index (χ3v) is 6.77. The fourth-order valence-electron chi connectivity index (χ4n) is 4.87. The first kappa shape index (κ1) is 23.6. The monoisotopic (exact) mass is 502 g/mol. The number of nitrogens with one attached hydrogen (secondary N) is 1. The standard InChI is InChI=1S/C32H26N2O4/c33-17-20-6-5-9-21(12-20)24-13-26-25(18-37-30-11-4-2-8-23(30)16-31(35)36)19-38-32(26)27(14-24)29-15-22-7-1-3-10-28(22)34-29/h1-15,19,34H,16-18,33H2,(H,35,36). The van der Waals surface area contributed by atoms with E-state index >= 15 is 0 Å². The van der Waals surface area contributed by atoms with Gasteiger partial charge in [0, 0.05) is 39.5 Å². The minimum Gasteiger partial charge on any atom is -0.488 e. The smallest absolute Gasteiger partial charge is 0.307 e. The Morgan fingerprint density at radius 2 is 1.74 bits per heavy atom. The maximum Gasteiger partial charge on any atom is 0.307 e. The van der Waals surface area contributed by atoms with E-state index in [9.17, 15) is 9.90 Å². The fraction of sp³-hybridized carbons (Fsp3) is 0.0938. The summed E-state index contributed by atoms with van der Waals surface area (Å²) < 4.78 is 12.3. The van der Waals surface area contributed by atoms with Crippen molar-refractivity contribution in [3.05, 3.63) is 114 Å². The van der Waals surface area contributed by atoms with E-state index < -0.39 is 5.97 Å². The summed E-state index contributed by atoms with van der Waals surface area (Å²) in [5.74, 6) is -0.353. The molecule has 6 rings (SSSR count). The molecule has 0 unspecified atom stereocenters. The number of fused-ring (bicyclic) bond motifs is 2. The van der Waals surface area contributed by atoms with Gasteiger partial charge in [-0.2, -0.15) is 0 Å². The molecule has 0 aliphatic carbocycles.